The van der Waals surface area contributed by atoms with Crippen molar-refractivity contribution in [1.29, 1.82) is 0 Å². The molecule has 0 heterocycles. The Bertz CT molecular complexity index is 899. The molecule has 1 amide bonds. The van der Waals surface area contributed by atoms with Gasteiger partial charge in [-0.2, -0.15) is 0 Å². The van der Waals surface area contributed by atoms with Crippen LogP contribution in [-0.4, -0.2) is 28.6 Å². The third-order valence-electron chi connectivity index (χ3n) is 3.40. The van der Waals surface area contributed by atoms with Crippen molar-refractivity contribution in [3.05, 3.63) is 75.3 Å². The third-order valence-corrected chi connectivity index (χ3v) is 3.40. The second kappa shape index (κ2) is 9.58. The van der Waals surface area contributed by atoms with Gasteiger partial charge in [0.15, 0.2) is 0 Å². The fourth-order valence-corrected chi connectivity index (χ4v) is 2.09. The van der Waals surface area contributed by atoms with Gasteiger partial charge < -0.3 is 15.2 Å². The molecule has 8 nitrogen and oxygen atoms in total. The van der Waals surface area contributed by atoms with Crippen LogP contribution in [0.4, 0.5) is 10.5 Å². The number of carbonyl (C=O) groups is 2. The molecule has 2 aromatic rings. The minimum absolute atomic E-state index is 0.0448. The van der Waals surface area contributed by atoms with Gasteiger partial charge in [-0.1, -0.05) is 42.2 Å². The number of hydrogen-bond donors (Lipinski definition) is 2. The fraction of sp³-hybridized carbons (Fsp3) is 0.158. The van der Waals surface area contributed by atoms with Gasteiger partial charge in [0.25, 0.3) is 5.69 Å². The first-order valence-electron chi connectivity index (χ1n) is 7.92. The van der Waals surface area contributed by atoms with Crippen molar-refractivity contribution in [3.63, 3.8) is 0 Å². The molecule has 0 aliphatic carbocycles. The topological polar surface area (TPSA) is 119 Å². The molecule has 2 N–H and O–H groups in total. The monoisotopic (exact) mass is 368 g/mol. The summed E-state index contributed by atoms with van der Waals surface area (Å²) in [6.07, 6.45) is -0.371. The van der Waals surface area contributed by atoms with E-state index in [0.717, 1.165) is 23.8 Å². The SMILES string of the molecule is O=C(NCCC#Cc1cc([N+](=O)[O-])ccc1C(=O)O)OCc1ccccc1. The summed E-state index contributed by atoms with van der Waals surface area (Å²) >= 11 is 0. The molecular weight excluding hydrogens is 352 g/mol. The molecule has 0 saturated carbocycles. The lowest BCUT2D eigenvalue weighted by Crippen LogP contribution is -2.24. The predicted molar refractivity (Wildman–Crippen MR) is 96.2 cm³/mol. The molecule has 138 valence electrons. The molecule has 0 aliphatic rings. The van der Waals surface area contributed by atoms with Crippen molar-refractivity contribution < 1.29 is 24.4 Å². The standard InChI is InChI=1S/C19H16N2O6/c22-18(23)17-10-9-16(21(25)26)12-15(17)8-4-5-11-20-19(24)27-13-14-6-2-1-3-7-14/h1-3,6-7,9-10,12H,5,11,13H2,(H,20,24)(H,22,23). The first-order valence-corrected chi connectivity index (χ1v) is 7.92. The Balaban J connectivity index is 1.86. The zero-order valence-electron chi connectivity index (χ0n) is 14.2. The summed E-state index contributed by atoms with van der Waals surface area (Å²) < 4.78 is 5.03. The molecule has 0 spiro atoms. The van der Waals surface area contributed by atoms with E-state index >= 15 is 0 Å². The number of hydrogen-bond acceptors (Lipinski definition) is 5. The van der Waals surface area contributed by atoms with E-state index in [0.29, 0.717) is 0 Å². The van der Waals surface area contributed by atoms with Crippen molar-refractivity contribution in [2.75, 3.05) is 6.54 Å². The van der Waals surface area contributed by atoms with Gasteiger partial charge in [0.05, 0.1) is 10.5 Å². The quantitative estimate of drug-likeness (QED) is 0.350. The summed E-state index contributed by atoms with van der Waals surface area (Å²) in [6.45, 7) is 0.339. The van der Waals surface area contributed by atoms with Gasteiger partial charge in [-0.15, -0.1) is 0 Å². The van der Waals surface area contributed by atoms with E-state index in [-0.39, 0.29) is 36.4 Å². The summed E-state index contributed by atoms with van der Waals surface area (Å²) in [5, 5.41) is 22.4. The number of aromatic carboxylic acids is 1. The van der Waals surface area contributed by atoms with Gasteiger partial charge in [-0.25, -0.2) is 9.59 Å². The maximum Gasteiger partial charge on any atom is 0.407 e. The first-order chi connectivity index (χ1) is 13.0. The molecule has 2 rings (SSSR count). The average molecular weight is 368 g/mol. The number of nitro benzene ring substituents is 1. The summed E-state index contributed by atoms with van der Waals surface area (Å²) in [7, 11) is 0. The molecule has 0 unspecified atom stereocenters. The van der Waals surface area contributed by atoms with E-state index in [1.165, 1.54) is 0 Å². The van der Waals surface area contributed by atoms with Crippen LogP contribution in [0.25, 0.3) is 0 Å². The highest BCUT2D eigenvalue weighted by atomic mass is 16.6. The minimum Gasteiger partial charge on any atom is -0.478 e. The summed E-state index contributed by atoms with van der Waals surface area (Å²) in [4.78, 5) is 32.9. The number of nitrogens with one attached hydrogen (secondary N) is 1. The zero-order chi connectivity index (χ0) is 19.6. The lowest BCUT2D eigenvalue weighted by atomic mass is 10.1. The van der Waals surface area contributed by atoms with Crippen LogP contribution in [0.5, 0.6) is 0 Å². The van der Waals surface area contributed by atoms with Crippen molar-refractivity contribution >= 4 is 17.7 Å². The second-order valence-corrected chi connectivity index (χ2v) is 5.33. The molecule has 0 atom stereocenters. The van der Waals surface area contributed by atoms with E-state index in [9.17, 15) is 19.7 Å². The number of nitro groups is 1. The van der Waals surface area contributed by atoms with Gasteiger partial charge in [-0.05, 0) is 11.6 Å². The lowest BCUT2D eigenvalue weighted by Gasteiger charge is -2.05. The highest BCUT2D eigenvalue weighted by Crippen LogP contribution is 2.17. The van der Waals surface area contributed by atoms with Crippen molar-refractivity contribution in [2.24, 2.45) is 0 Å². The average Bonchev–Trinajstić information content (AvgIpc) is 2.66. The van der Waals surface area contributed by atoms with Crippen molar-refractivity contribution in [3.8, 4) is 11.8 Å². The van der Waals surface area contributed by atoms with E-state index in [2.05, 4.69) is 17.2 Å². The van der Waals surface area contributed by atoms with Gasteiger partial charge in [0.1, 0.15) is 6.61 Å². The number of carbonyl (C=O) groups excluding carboxylic acids is 1. The molecule has 2 aromatic carbocycles. The maximum absolute atomic E-state index is 11.6. The van der Waals surface area contributed by atoms with Gasteiger partial charge in [0.2, 0.25) is 0 Å². The Morgan fingerprint density at radius 1 is 1.19 bits per heavy atom. The Morgan fingerprint density at radius 2 is 1.93 bits per heavy atom. The number of benzene rings is 2. The Morgan fingerprint density at radius 3 is 2.59 bits per heavy atom. The number of amides is 1. The van der Waals surface area contributed by atoms with Crippen LogP contribution in [-0.2, 0) is 11.3 Å². The van der Waals surface area contributed by atoms with Gasteiger partial charge in [-0.3, -0.25) is 10.1 Å². The van der Waals surface area contributed by atoms with Crippen LogP contribution in [0.3, 0.4) is 0 Å². The molecule has 8 heteroatoms. The number of carboxylic acid groups (broad SMARTS) is 1. The Hall–Kier alpha value is -3.86. The van der Waals surface area contributed by atoms with Gasteiger partial charge >= 0.3 is 12.1 Å². The van der Waals surface area contributed by atoms with Crippen molar-refractivity contribution in [2.45, 2.75) is 13.0 Å². The van der Waals surface area contributed by atoms with Crippen LogP contribution in [0, 0.1) is 22.0 Å². The van der Waals surface area contributed by atoms with Crippen LogP contribution in [0.15, 0.2) is 48.5 Å². The summed E-state index contributed by atoms with van der Waals surface area (Å²) in [5.74, 6) is 4.05. The number of alkyl carbamates (subject to hydrolysis) is 1. The Kier molecular flexibility index (Phi) is 6.91. The van der Waals surface area contributed by atoms with Crippen LogP contribution in [0.2, 0.25) is 0 Å². The number of nitrogens with zero attached hydrogens (tertiary/aromatic N) is 1. The summed E-state index contributed by atoms with van der Waals surface area (Å²) in [6, 6.07) is 12.6. The van der Waals surface area contributed by atoms with Crippen LogP contribution >= 0.6 is 0 Å². The largest absolute Gasteiger partial charge is 0.478 e. The van der Waals surface area contributed by atoms with Crippen molar-refractivity contribution in [1.82, 2.24) is 5.32 Å². The Labute approximate surface area is 154 Å². The molecule has 0 saturated heterocycles. The number of carboxylic acids is 1. The molecule has 27 heavy (non-hydrogen) atoms. The van der Waals surface area contributed by atoms with Crippen LogP contribution < -0.4 is 5.32 Å². The maximum atomic E-state index is 11.6. The molecular formula is C19H16N2O6. The molecule has 0 bridgehead atoms. The fourth-order valence-electron chi connectivity index (χ4n) is 2.09. The minimum atomic E-state index is -1.23. The highest BCUT2D eigenvalue weighted by molar-refractivity contribution is 5.91. The number of non-ortho nitro benzene ring substituents is 1. The molecule has 0 aromatic heterocycles. The van der Waals surface area contributed by atoms with E-state index in [1.54, 1.807) is 0 Å². The molecule has 0 radical (unpaired) electrons. The lowest BCUT2D eigenvalue weighted by molar-refractivity contribution is -0.384. The second-order valence-electron chi connectivity index (χ2n) is 5.33. The zero-order valence-corrected chi connectivity index (χ0v) is 14.2. The highest BCUT2D eigenvalue weighted by Gasteiger charge is 2.13. The van der Waals surface area contributed by atoms with Crippen LogP contribution in [0.1, 0.15) is 27.9 Å². The van der Waals surface area contributed by atoms with Gasteiger partial charge in [0, 0.05) is 30.7 Å². The number of ether oxygens (including phenoxy) is 1. The summed E-state index contributed by atoms with van der Waals surface area (Å²) in [5.41, 5.74) is 0.540. The third kappa shape index (κ3) is 6.17. The van der Waals surface area contributed by atoms with E-state index in [1.807, 2.05) is 30.3 Å². The molecule has 0 fully saturated rings. The predicted octanol–water partition coefficient (Wildman–Crippen LogP) is 2.96. The smallest absolute Gasteiger partial charge is 0.407 e. The van der Waals surface area contributed by atoms with E-state index < -0.39 is 17.0 Å². The number of rotatable bonds is 6. The normalized spacial score (nSPS) is 9.63. The molecule has 0 aliphatic heterocycles. The van der Waals surface area contributed by atoms with E-state index in [4.69, 9.17) is 9.84 Å². The first kappa shape index (κ1) is 19.5.